The molecule has 0 atom stereocenters. The average Bonchev–Trinajstić information content (AvgIpc) is 2.74. The maximum absolute atomic E-state index is 13.7. The molecular weight excluding hydrogens is 231 g/mol. The van der Waals surface area contributed by atoms with Gasteiger partial charge in [-0.15, -0.1) is 0 Å². The number of aromatic nitrogens is 3. The summed E-state index contributed by atoms with van der Waals surface area (Å²) in [5, 5.41) is 0. The molecule has 0 bridgehead atoms. The van der Waals surface area contributed by atoms with Crippen LogP contribution in [-0.2, 0) is 0 Å². The van der Waals surface area contributed by atoms with E-state index in [2.05, 4.69) is 9.97 Å². The van der Waals surface area contributed by atoms with Crippen LogP contribution in [0.2, 0.25) is 0 Å². The van der Waals surface area contributed by atoms with Gasteiger partial charge in [0, 0.05) is 29.8 Å². The number of nitrogen functional groups attached to an aromatic ring is 1. The predicted molar refractivity (Wildman–Crippen MR) is 67.5 cm³/mol. The van der Waals surface area contributed by atoms with Gasteiger partial charge >= 0.3 is 0 Å². The number of nitrogens with zero attached hydrogens (tertiary/aromatic N) is 3. The SMILES string of the molecule is Cc1cnc2nc(-c3cc(N)ccc3F)cn2c1. The fourth-order valence-electron chi connectivity index (χ4n) is 1.86. The highest BCUT2D eigenvalue weighted by atomic mass is 19.1. The van der Waals surface area contributed by atoms with E-state index in [-0.39, 0.29) is 5.82 Å². The zero-order chi connectivity index (χ0) is 12.7. The Morgan fingerprint density at radius 1 is 1.28 bits per heavy atom. The summed E-state index contributed by atoms with van der Waals surface area (Å²) in [5.41, 5.74) is 8.10. The maximum Gasteiger partial charge on any atom is 0.234 e. The highest BCUT2D eigenvalue weighted by molar-refractivity contribution is 5.66. The Morgan fingerprint density at radius 3 is 2.94 bits per heavy atom. The predicted octanol–water partition coefficient (Wildman–Crippen LogP) is 2.43. The Hall–Kier alpha value is -2.43. The van der Waals surface area contributed by atoms with Crippen LogP contribution < -0.4 is 5.73 Å². The fraction of sp³-hybridized carbons (Fsp3) is 0.0769. The highest BCUT2D eigenvalue weighted by Crippen LogP contribution is 2.24. The van der Waals surface area contributed by atoms with Crippen molar-refractivity contribution in [2.45, 2.75) is 6.92 Å². The Labute approximate surface area is 103 Å². The molecule has 4 nitrogen and oxygen atoms in total. The molecular formula is C13H11FN4. The van der Waals surface area contributed by atoms with E-state index in [4.69, 9.17) is 5.73 Å². The second-order valence-corrected chi connectivity index (χ2v) is 4.20. The molecule has 0 aliphatic heterocycles. The molecule has 0 spiro atoms. The van der Waals surface area contributed by atoms with Crippen LogP contribution in [0.5, 0.6) is 0 Å². The lowest BCUT2D eigenvalue weighted by molar-refractivity contribution is 0.631. The second-order valence-electron chi connectivity index (χ2n) is 4.20. The van der Waals surface area contributed by atoms with E-state index in [9.17, 15) is 4.39 Å². The summed E-state index contributed by atoms with van der Waals surface area (Å²) in [6.45, 7) is 1.94. The van der Waals surface area contributed by atoms with Crippen molar-refractivity contribution in [2.24, 2.45) is 0 Å². The van der Waals surface area contributed by atoms with Gasteiger partial charge in [-0.05, 0) is 30.7 Å². The maximum atomic E-state index is 13.7. The minimum atomic E-state index is -0.343. The highest BCUT2D eigenvalue weighted by Gasteiger charge is 2.10. The number of nitrogens with two attached hydrogens (primary N) is 1. The zero-order valence-corrected chi connectivity index (χ0v) is 9.76. The van der Waals surface area contributed by atoms with Crippen LogP contribution in [0.1, 0.15) is 5.56 Å². The molecule has 3 rings (SSSR count). The molecule has 18 heavy (non-hydrogen) atoms. The van der Waals surface area contributed by atoms with E-state index >= 15 is 0 Å². The third kappa shape index (κ3) is 1.69. The lowest BCUT2D eigenvalue weighted by atomic mass is 10.1. The third-order valence-electron chi connectivity index (χ3n) is 2.71. The van der Waals surface area contributed by atoms with Crippen LogP contribution in [0, 0.1) is 12.7 Å². The number of hydrogen-bond donors (Lipinski definition) is 1. The van der Waals surface area contributed by atoms with E-state index in [0.29, 0.717) is 22.7 Å². The van der Waals surface area contributed by atoms with Crippen molar-refractivity contribution in [1.29, 1.82) is 0 Å². The van der Waals surface area contributed by atoms with E-state index in [0.717, 1.165) is 5.56 Å². The van der Waals surface area contributed by atoms with Crippen molar-refractivity contribution in [2.75, 3.05) is 5.73 Å². The van der Waals surface area contributed by atoms with E-state index in [1.165, 1.54) is 12.1 Å². The molecule has 0 aliphatic carbocycles. The smallest absolute Gasteiger partial charge is 0.234 e. The first-order valence-corrected chi connectivity index (χ1v) is 5.50. The van der Waals surface area contributed by atoms with Gasteiger partial charge in [0.25, 0.3) is 0 Å². The monoisotopic (exact) mass is 242 g/mol. The standard InChI is InChI=1S/C13H11FN4/c1-8-5-16-13-17-12(7-18(13)6-8)10-4-9(15)2-3-11(10)14/h2-7H,15H2,1H3. The quantitative estimate of drug-likeness (QED) is 0.667. The van der Waals surface area contributed by atoms with Gasteiger partial charge in [-0.1, -0.05) is 0 Å². The summed E-state index contributed by atoms with van der Waals surface area (Å²) in [4.78, 5) is 8.46. The number of halogens is 1. The Kier molecular flexibility index (Phi) is 2.26. The van der Waals surface area contributed by atoms with Crippen molar-refractivity contribution >= 4 is 11.5 Å². The minimum absolute atomic E-state index is 0.343. The molecule has 0 amide bonds. The molecule has 5 heteroatoms. The summed E-state index contributed by atoms with van der Waals surface area (Å²) in [5.74, 6) is 0.196. The second kappa shape index (κ2) is 3.80. The molecule has 0 unspecified atom stereocenters. The number of rotatable bonds is 1. The summed E-state index contributed by atoms with van der Waals surface area (Å²) in [7, 11) is 0. The minimum Gasteiger partial charge on any atom is -0.399 e. The number of aryl methyl sites for hydroxylation is 1. The Balaban J connectivity index is 2.22. The number of fused-ring (bicyclic) bond motifs is 1. The molecule has 0 radical (unpaired) electrons. The number of benzene rings is 1. The molecule has 0 aliphatic rings. The lowest BCUT2D eigenvalue weighted by Gasteiger charge is -2.00. The van der Waals surface area contributed by atoms with Gasteiger partial charge < -0.3 is 5.73 Å². The van der Waals surface area contributed by atoms with Gasteiger partial charge in [0.1, 0.15) is 5.82 Å². The van der Waals surface area contributed by atoms with Crippen molar-refractivity contribution in [3.05, 3.63) is 48.2 Å². The van der Waals surface area contributed by atoms with Crippen LogP contribution in [0.4, 0.5) is 10.1 Å². The molecule has 90 valence electrons. The molecule has 1 aromatic carbocycles. The molecule has 0 fully saturated rings. The molecule has 3 aromatic rings. The van der Waals surface area contributed by atoms with Crippen molar-refractivity contribution < 1.29 is 4.39 Å². The first-order chi connectivity index (χ1) is 8.63. The first-order valence-electron chi connectivity index (χ1n) is 5.50. The Morgan fingerprint density at radius 2 is 2.11 bits per heavy atom. The molecule has 2 aromatic heterocycles. The average molecular weight is 242 g/mol. The van der Waals surface area contributed by atoms with Crippen LogP contribution in [0.15, 0.2) is 36.8 Å². The van der Waals surface area contributed by atoms with Crippen molar-refractivity contribution in [3.63, 3.8) is 0 Å². The van der Waals surface area contributed by atoms with Crippen molar-refractivity contribution in [1.82, 2.24) is 14.4 Å². The molecule has 2 heterocycles. The van der Waals surface area contributed by atoms with Gasteiger partial charge in [0.2, 0.25) is 5.78 Å². The third-order valence-corrected chi connectivity index (χ3v) is 2.71. The van der Waals surface area contributed by atoms with Crippen LogP contribution >= 0.6 is 0 Å². The van der Waals surface area contributed by atoms with E-state index in [1.54, 1.807) is 22.9 Å². The van der Waals surface area contributed by atoms with Crippen LogP contribution in [-0.4, -0.2) is 14.4 Å². The van der Waals surface area contributed by atoms with E-state index in [1.807, 2.05) is 13.1 Å². The normalized spacial score (nSPS) is 11.0. The molecule has 0 saturated carbocycles. The summed E-state index contributed by atoms with van der Waals surface area (Å²) in [6.07, 6.45) is 5.36. The largest absolute Gasteiger partial charge is 0.399 e. The Bertz CT molecular complexity index is 733. The lowest BCUT2D eigenvalue weighted by Crippen LogP contribution is -1.89. The number of imidazole rings is 1. The van der Waals surface area contributed by atoms with E-state index < -0.39 is 0 Å². The first kappa shape index (κ1) is 10.7. The van der Waals surface area contributed by atoms with Crippen LogP contribution in [0.3, 0.4) is 0 Å². The fourth-order valence-corrected chi connectivity index (χ4v) is 1.86. The van der Waals surface area contributed by atoms with Crippen molar-refractivity contribution in [3.8, 4) is 11.3 Å². The number of hydrogen-bond acceptors (Lipinski definition) is 3. The summed E-state index contributed by atoms with van der Waals surface area (Å²) < 4.78 is 15.5. The number of anilines is 1. The topological polar surface area (TPSA) is 56.2 Å². The molecule has 0 saturated heterocycles. The van der Waals surface area contributed by atoms with Crippen LogP contribution in [0.25, 0.3) is 17.0 Å². The van der Waals surface area contributed by atoms with Gasteiger partial charge in [0.05, 0.1) is 5.69 Å². The van der Waals surface area contributed by atoms with Gasteiger partial charge in [-0.25, -0.2) is 14.4 Å². The summed E-state index contributed by atoms with van der Waals surface area (Å²) in [6, 6.07) is 4.44. The molecule has 2 N–H and O–H groups in total. The van der Waals surface area contributed by atoms with Gasteiger partial charge in [-0.3, -0.25) is 4.40 Å². The van der Waals surface area contributed by atoms with Gasteiger partial charge in [0.15, 0.2) is 0 Å². The zero-order valence-electron chi connectivity index (χ0n) is 9.76. The van der Waals surface area contributed by atoms with Gasteiger partial charge in [-0.2, -0.15) is 0 Å². The summed E-state index contributed by atoms with van der Waals surface area (Å²) >= 11 is 0.